The summed E-state index contributed by atoms with van der Waals surface area (Å²) in [4.78, 5) is 12.6. The molecule has 0 aliphatic heterocycles. The number of anilines is 1. The zero-order valence-electron chi connectivity index (χ0n) is 12.6. The number of fused-ring (bicyclic) bond motifs is 1. The first-order chi connectivity index (χ1) is 10.8. The minimum absolute atomic E-state index is 0.246. The molecule has 0 fully saturated rings. The van der Waals surface area contributed by atoms with Crippen molar-refractivity contribution < 1.29 is 9.47 Å². The van der Waals surface area contributed by atoms with E-state index < -0.39 is 0 Å². The second-order valence-electron chi connectivity index (χ2n) is 4.45. The van der Waals surface area contributed by atoms with Gasteiger partial charge in [-0.3, -0.25) is 0 Å². The first kappa shape index (κ1) is 14.1. The van der Waals surface area contributed by atoms with Crippen LogP contribution >= 0.6 is 0 Å². The summed E-state index contributed by atoms with van der Waals surface area (Å²) in [7, 11) is 3.06. The third-order valence-corrected chi connectivity index (χ3v) is 3.11. The fraction of sp³-hybridized carbons (Fsp3) is 0.286. The molecule has 3 aromatic rings. The molecule has 3 heterocycles. The van der Waals surface area contributed by atoms with E-state index in [9.17, 15) is 0 Å². The maximum absolute atomic E-state index is 5.32. The molecule has 8 nitrogen and oxygen atoms in total. The predicted octanol–water partition coefficient (Wildman–Crippen LogP) is 1.64. The predicted molar refractivity (Wildman–Crippen MR) is 81.3 cm³/mol. The Hall–Kier alpha value is -2.90. The Balaban J connectivity index is 2.17. The van der Waals surface area contributed by atoms with Crippen LogP contribution in [0.25, 0.3) is 16.9 Å². The van der Waals surface area contributed by atoms with Crippen molar-refractivity contribution in [1.82, 2.24) is 24.6 Å². The van der Waals surface area contributed by atoms with Gasteiger partial charge in [-0.1, -0.05) is 0 Å². The van der Waals surface area contributed by atoms with E-state index in [0.717, 1.165) is 17.9 Å². The summed E-state index contributed by atoms with van der Waals surface area (Å²) in [5.74, 6) is 0.404. The standard InChI is InChI=1S/C14H16N6O2/c1-4-15-11-7-10(19-20-6-5-16-12(11)20)9-8-17-14(22-3)18-13(9)21-2/h5-8,15H,4H2,1-3H3. The average molecular weight is 300 g/mol. The van der Waals surface area contributed by atoms with Crippen LogP contribution in [0.3, 0.4) is 0 Å². The third-order valence-electron chi connectivity index (χ3n) is 3.11. The second-order valence-corrected chi connectivity index (χ2v) is 4.45. The van der Waals surface area contributed by atoms with Crippen molar-refractivity contribution in [2.45, 2.75) is 6.92 Å². The van der Waals surface area contributed by atoms with Gasteiger partial charge in [0.15, 0.2) is 5.65 Å². The molecule has 0 aromatic carbocycles. The zero-order chi connectivity index (χ0) is 15.5. The summed E-state index contributed by atoms with van der Waals surface area (Å²) in [6.45, 7) is 2.80. The molecule has 0 saturated carbocycles. The van der Waals surface area contributed by atoms with E-state index in [-0.39, 0.29) is 6.01 Å². The number of methoxy groups -OCH3 is 2. The zero-order valence-corrected chi connectivity index (χ0v) is 12.6. The summed E-state index contributed by atoms with van der Waals surface area (Å²) in [5.41, 5.74) is 3.01. The third kappa shape index (κ3) is 2.39. The number of nitrogens with one attached hydrogen (secondary N) is 1. The van der Waals surface area contributed by atoms with Crippen molar-refractivity contribution in [1.29, 1.82) is 0 Å². The largest absolute Gasteiger partial charge is 0.480 e. The maximum atomic E-state index is 5.32. The average Bonchev–Trinajstić information content (AvgIpc) is 3.03. The molecule has 0 saturated heterocycles. The lowest BCUT2D eigenvalue weighted by Crippen LogP contribution is -2.04. The van der Waals surface area contributed by atoms with Crippen molar-refractivity contribution in [3.63, 3.8) is 0 Å². The first-order valence-electron chi connectivity index (χ1n) is 6.80. The summed E-state index contributed by atoms with van der Waals surface area (Å²) in [5, 5.41) is 7.80. The number of ether oxygens (including phenoxy) is 2. The second kappa shape index (κ2) is 5.84. The minimum Gasteiger partial charge on any atom is -0.480 e. The Kier molecular flexibility index (Phi) is 3.73. The van der Waals surface area contributed by atoms with E-state index in [1.807, 2.05) is 13.0 Å². The lowest BCUT2D eigenvalue weighted by molar-refractivity contribution is 0.353. The van der Waals surface area contributed by atoms with Crippen molar-refractivity contribution in [2.24, 2.45) is 0 Å². The summed E-state index contributed by atoms with van der Waals surface area (Å²) >= 11 is 0. The van der Waals surface area contributed by atoms with Gasteiger partial charge < -0.3 is 14.8 Å². The summed E-state index contributed by atoms with van der Waals surface area (Å²) in [6.07, 6.45) is 5.12. The van der Waals surface area contributed by atoms with Crippen LogP contribution in [0.5, 0.6) is 11.9 Å². The van der Waals surface area contributed by atoms with E-state index in [1.54, 1.807) is 30.2 Å². The van der Waals surface area contributed by atoms with Gasteiger partial charge in [0.05, 0.1) is 25.5 Å². The molecule has 0 amide bonds. The van der Waals surface area contributed by atoms with Crippen LogP contribution in [0.15, 0.2) is 24.7 Å². The molecule has 3 rings (SSSR count). The van der Waals surface area contributed by atoms with Crippen molar-refractivity contribution >= 4 is 11.3 Å². The maximum Gasteiger partial charge on any atom is 0.319 e. The van der Waals surface area contributed by atoms with Crippen LogP contribution in [0.1, 0.15) is 6.92 Å². The Morgan fingerprint density at radius 2 is 2.09 bits per heavy atom. The van der Waals surface area contributed by atoms with Crippen molar-refractivity contribution in [3.05, 3.63) is 24.7 Å². The molecule has 0 atom stereocenters. The number of aromatic nitrogens is 5. The number of hydrogen-bond donors (Lipinski definition) is 1. The van der Waals surface area contributed by atoms with Gasteiger partial charge in [-0.2, -0.15) is 10.1 Å². The van der Waals surface area contributed by atoms with E-state index in [2.05, 4.69) is 25.4 Å². The molecule has 0 aliphatic carbocycles. The van der Waals surface area contributed by atoms with Crippen LogP contribution in [0.2, 0.25) is 0 Å². The van der Waals surface area contributed by atoms with E-state index in [0.29, 0.717) is 17.1 Å². The molecule has 22 heavy (non-hydrogen) atoms. The molecule has 3 aromatic heterocycles. The van der Waals surface area contributed by atoms with Gasteiger partial charge in [-0.05, 0) is 13.0 Å². The number of imidazole rings is 1. The van der Waals surface area contributed by atoms with Gasteiger partial charge in [-0.25, -0.2) is 14.5 Å². The topological polar surface area (TPSA) is 86.5 Å². The monoisotopic (exact) mass is 300 g/mol. The Morgan fingerprint density at radius 1 is 1.23 bits per heavy atom. The Labute approximate surface area is 127 Å². The molecular weight excluding hydrogens is 284 g/mol. The van der Waals surface area contributed by atoms with E-state index in [4.69, 9.17) is 9.47 Å². The van der Waals surface area contributed by atoms with Crippen LogP contribution < -0.4 is 14.8 Å². The molecule has 0 unspecified atom stereocenters. The highest BCUT2D eigenvalue weighted by Gasteiger charge is 2.15. The van der Waals surface area contributed by atoms with Crippen LogP contribution in [0, 0.1) is 0 Å². The number of rotatable bonds is 5. The number of hydrogen-bond acceptors (Lipinski definition) is 7. The Morgan fingerprint density at radius 3 is 2.82 bits per heavy atom. The number of nitrogens with zero attached hydrogens (tertiary/aromatic N) is 5. The molecule has 0 spiro atoms. The van der Waals surface area contributed by atoms with Gasteiger partial charge in [0.25, 0.3) is 0 Å². The van der Waals surface area contributed by atoms with Gasteiger partial charge in [0.1, 0.15) is 5.69 Å². The molecule has 0 aliphatic rings. The summed E-state index contributed by atoms with van der Waals surface area (Å²) < 4.78 is 12.0. The smallest absolute Gasteiger partial charge is 0.319 e. The minimum atomic E-state index is 0.246. The highest BCUT2D eigenvalue weighted by molar-refractivity contribution is 5.75. The van der Waals surface area contributed by atoms with Crippen molar-refractivity contribution in [3.8, 4) is 23.1 Å². The van der Waals surface area contributed by atoms with Crippen LogP contribution in [-0.2, 0) is 0 Å². The molecule has 0 bridgehead atoms. The fourth-order valence-corrected chi connectivity index (χ4v) is 2.15. The normalized spacial score (nSPS) is 10.7. The van der Waals surface area contributed by atoms with Gasteiger partial charge in [0, 0.05) is 25.1 Å². The lowest BCUT2D eigenvalue weighted by atomic mass is 10.2. The highest BCUT2D eigenvalue weighted by atomic mass is 16.5. The lowest BCUT2D eigenvalue weighted by Gasteiger charge is -2.10. The molecule has 8 heteroatoms. The van der Waals surface area contributed by atoms with Gasteiger partial charge >= 0.3 is 6.01 Å². The van der Waals surface area contributed by atoms with E-state index >= 15 is 0 Å². The molecule has 0 radical (unpaired) electrons. The van der Waals surface area contributed by atoms with Crippen molar-refractivity contribution in [2.75, 3.05) is 26.1 Å². The Bertz CT molecular complexity index is 801. The van der Waals surface area contributed by atoms with Gasteiger partial charge in [-0.15, -0.1) is 0 Å². The van der Waals surface area contributed by atoms with E-state index in [1.165, 1.54) is 7.11 Å². The van der Waals surface area contributed by atoms with Crippen LogP contribution in [-0.4, -0.2) is 45.3 Å². The molecule has 114 valence electrons. The molecule has 1 N–H and O–H groups in total. The SMILES string of the molecule is CCNc1cc(-c2cnc(OC)nc2OC)nn2ccnc12. The van der Waals surface area contributed by atoms with Crippen LogP contribution in [0.4, 0.5) is 5.69 Å². The highest BCUT2D eigenvalue weighted by Crippen LogP contribution is 2.29. The molecular formula is C14H16N6O2. The fourth-order valence-electron chi connectivity index (χ4n) is 2.15. The quantitative estimate of drug-likeness (QED) is 0.766. The van der Waals surface area contributed by atoms with Gasteiger partial charge in [0.2, 0.25) is 5.88 Å². The first-order valence-corrected chi connectivity index (χ1v) is 6.80. The summed E-state index contributed by atoms with van der Waals surface area (Å²) in [6, 6.07) is 2.15.